The average Bonchev–Trinajstić information content (AvgIpc) is 3.18. The van der Waals surface area contributed by atoms with Gasteiger partial charge in [-0.05, 0) is 30.9 Å². The third-order valence-electron chi connectivity index (χ3n) is 5.17. The van der Waals surface area contributed by atoms with Gasteiger partial charge in [-0.3, -0.25) is 10.2 Å². The van der Waals surface area contributed by atoms with E-state index in [4.69, 9.17) is 10.2 Å². The van der Waals surface area contributed by atoms with Crippen molar-refractivity contribution < 1.29 is 9.21 Å². The van der Waals surface area contributed by atoms with Crippen LogP contribution in [-0.2, 0) is 0 Å². The van der Waals surface area contributed by atoms with Gasteiger partial charge in [-0.25, -0.2) is 15.0 Å². The molecule has 0 atom stereocenters. The van der Waals surface area contributed by atoms with Crippen molar-refractivity contribution in [3.8, 4) is 11.6 Å². The fourth-order valence-electron chi connectivity index (χ4n) is 3.45. The first-order valence-electron chi connectivity index (χ1n) is 9.51. The molecule has 0 aromatic carbocycles. The monoisotopic (exact) mass is 382 g/mol. The summed E-state index contributed by atoms with van der Waals surface area (Å²) in [4.78, 5) is 23.7. The number of amides is 1. The molecule has 0 spiro atoms. The molecule has 0 unspecified atom stereocenters. The van der Waals surface area contributed by atoms with E-state index in [0.29, 0.717) is 17.2 Å². The molecular weight excluding hydrogens is 360 g/mol. The van der Waals surface area contributed by atoms with Gasteiger partial charge in [0.2, 0.25) is 11.8 Å². The van der Waals surface area contributed by atoms with E-state index in [1.807, 2.05) is 5.01 Å². The average molecular weight is 382 g/mol. The number of aromatic nitrogens is 4. The van der Waals surface area contributed by atoms with Crippen LogP contribution in [0.1, 0.15) is 23.3 Å². The molecule has 28 heavy (non-hydrogen) atoms. The van der Waals surface area contributed by atoms with E-state index in [0.717, 1.165) is 32.1 Å². The summed E-state index contributed by atoms with van der Waals surface area (Å²) in [7, 11) is 0. The van der Waals surface area contributed by atoms with E-state index < -0.39 is 0 Å². The lowest BCUT2D eigenvalue weighted by Gasteiger charge is -2.34. The molecule has 1 saturated carbocycles. The van der Waals surface area contributed by atoms with Crippen LogP contribution in [0.2, 0.25) is 0 Å². The standard InChI is InChI=1S/C18H22N8O2/c19-18-20-13(10-15-21-16(22-26(15)18)14-2-1-9-28-14)17(27)23-25-7-5-24(6-8-25)11-12-3-4-12/h1-2,9-10,12H,3-8,11H2,(H2,19,20)(H,23,27). The number of carbonyl (C=O) groups excluding carboxylic acids is 1. The maximum absolute atomic E-state index is 12.7. The lowest BCUT2D eigenvalue weighted by Crippen LogP contribution is -2.53. The van der Waals surface area contributed by atoms with Crippen LogP contribution >= 0.6 is 0 Å². The van der Waals surface area contributed by atoms with Gasteiger partial charge in [0.1, 0.15) is 5.69 Å². The molecule has 146 valence electrons. The first kappa shape index (κ1) is 17.1. The summed E-state index contributed by atoms with van der Waals surface area (Å²) in [6.07, 6.45) is 4.26. The minimum atomic E-state index is -0.299. The molecule has 2 fully saturated rings. The van der Waals surface area contributed by atoms with Crippen molar-refractivity contribution in [3.05, 3.63) is 30.2 Å². The molecular formula is C18H22N8O2. The molecule has 4 heterocycles. The molecule has 1 aliphatic heterocycles. The lowest BCUT2D eigenvalue weighted by atomic mass is 10.3. The Morgan fingerprint density at radius 1 is 1.25 bits per heavy atom. The first-order valence-corrected chi connectivity index (χ1v) is 9.51. The molecule has 3 aromatic heterocycles. The predicted octanol–water partition coefficient (Wildman–Crippen LogP) is 0.639. The number of piperazine rings is 1. The Hall–Kier alpha value is -2.98. The quantitative estimate of drug-likeness (QED) is 0.660. The van der Waals surface area contributed by atoms with Crippen LogP contribution in [0.15, 0.2) is 28.9 Å². The molecule has 1 aliphatic carbocycles. The number of rotatable bonds is 5. The van der Waals surface area contributed by atoms with Gasteiger partial charge in [0.05, 0.1) is 6.26 Å². The third-order valence-corrected chi connectivity index (χ3v) is 5.17. The Labute approximate surface area is 161 Å². The number of hydrogen-bond donors (Lipinski definition) is 2. The van der Waals surface area contributed by atoms with Crippen LogP contribution < -0.4 is 11.2 Å². The van der Waals surface area contributed by atoms with Crippen LogP contribution in [0, 0.1) is 5.92 Å². The normalized spacial score (nSPS) is 18.6. The maximum atomic E-state index is 12.7. The number of hydrazine groups is 1. The number of nitrogens with zero attached hydrogens (tertiary/aromatic N) is 6. The highest BCUT2D eigenvalue weighted by Gasteiger charge is 2.27. The van der Waals surface area contributed by atoms with Crippen molar-refractivity contribution in [2.24, 2.45) is 5.92 Å². The highest BCUT2D eigenvalue weighted by Crippen LogP contribution is 2.29. The van der Waals surface area contributed by atoms with Crippen molar-refractivity contribution in [3.63, 3.8) is 0 Å². The van der Waals surface area contributed by atoms with Gasteiger partial charge < -0.3 is 15.1 Å². The number of carbonyl (C=O) groups is 1. The number of fused-ring (bicyclic) bond motifs is 1. The molecule has 0 radical (unpaired) electrons. The molecule has 10 nitrogen and oxygen atoms in total. The van der Waals surface area contributed by atoms with Crippen LogP contribution in [0.25, 0.3) is 17.2 Å². The van der Waals surface area contributed by atoms with E-state index >= 15 is 0 Å². The molecule has 5 rings (SSSR count). The van der Waals surface area contributed by atoms with Crippen molar-refractivity contribution in [1.29, 1.82) is 0 Å². The van der Waals surface area contributed by atoms with Crippen LogP contribution in [-0.4, -0.2) is 68.1 Å². The summed E-state index contributed by atoms with van der Waals surface area (Å²) in [5, 5.41) is 6.22. The molecule has 2 aliphatic rings. The van der Waals surface area contributed by atoms with E-state index in [2.05, 4.69) is 25.4 Å². The summed E-state index contributed by atoms with van der Waals surface area (Å²) >= 11 is 0. The Bertz CT molecular complexity index is 987. The van der Waals surface area contributed by atoms with Crippen LogP contribution in [0.5, 0.6) is 0 Å². The van der Waals surface area contributed by atoms with Crippen molar-refractivity contribution >= 4 is 17.5 Å². The van der Waals surface area contributed by atoms with Gasteiger partial charge in [-0.1, -0.05) is 0 Å². The van der Waals surface area contributed by atoms with Crippen molar-refractivity contribution in [1.82, 2.24) is 34.9 Å². The number of furan rings is 1. The summed E-state index contributed by atoms with van der Waals surface area (Å²) in [6.45, 7) is 4.69. The lowest BCUT2D eigenvalue weighted by molar-refractivity contribution is 0.0606. The minimum absolute atomic E-state index is 0.0993. The van der Waals surface area contributed by atoms with Crippen LogP contribution in [0.4, 0.5) is 5.95 Å². The van der Waals surface area contributed by atoms with Gasteiger partial charge in [0.15, 0.2) is 11.4 Å². The molecule has 0 bridgehead atoms. The number of hydrogen-bond acceptors (Lipinski definition) is 8. The van der Waals surface area contributed by atoms with Gasteiger partial charge in [-0.15, -0.1) is 5.10 Å². The highest BCUT2D eigenvalue weighted by atomic mass is 16.3. The summed E-state index contributed by atoms with van der Waals surface area (Å²) in [6, 6.07) is 5.09. The minimum Gasteiger partial charge on any atom is -0.461 e. The fourth-order valence-corrected chi connectivity index (χ4v) is 3.45. The smallest absolute Gasteiger partial charge is 0.284 e. The highest BCUT2D eigenvalue weighted by molar-refractivity contribution is 5.93. The molecule has 3 N–H and O–H groups in total. The largest absolute Gasteiger partial charge is 0.461 e. The number of nitrogens with one attached hydrogen (secondary N) is 1. The maximum Gasteiger partial charge on any atom is 0.284 e. The predicted molar refractivity (Wildman–Crippen MR) is 101 cm³/mol. The second-order valence-corrected chi connectivity index (χ2v) is 7.35. The zero-order chi connectivity index (χ0) is 19.1. The van der Waals surface area contributed by atoms with Gasteiger partial charge in [-0.2, -0.15) is 4.52 Å². The van der Waals surface area contributed by atoms with E-state index in [1.54, 1.807) is 24.5 Å². The third kappa shape index (κ3) is 3.43. The Kier molecular flexibility index (Phi) is 4.21. The van der Waals surface area contributed by atoms with Gasteiger partial charge in [0.25, 0.3) is 5.91 Å². The Morgan fingerprint density at radius 3 is 2.79 bits per heavy atom. The number of nitrogens with two attached hydrogens (primary N) is 1. The van der Waals surface area contributed by atoms with Crippen molar-refractivity contribution in [2.45, 2.75) is 12.8 Å². The summed E-state index contributed by atoms with van der Waals surface area (Å²) in [5.74, 6) is 1.60. The Morgan fingerprint density at radius 2 is 2.07 bits per heavy atom. The van der Waals surface area contributed by atoms with E-state index in [1.165, 1.54) is 23.9 Å². The van der Waals surface area contributed by atoms with Crippen molar-refractivity contribution in [2.75, 3.05) is 38.5 Å². The van der Waals surface area contributed by atoms with Gasteiger partial charge >= 0.3 is 0 Å². The van der Waals surface area contributed by atoms with E-state index in [9.17, 15) is 4.79 Å². The molecule has 3 aromatic rings. The van der Waals surface area contributed by atoms with Crippen LogP contribution in [0.3, 0.4) is 0 Å². The van der Waals surface area contributed by atoms with E-state index in [-0.39, 0.29) is 17.5 Å². The number of anilines is 1. The summed E-state index contributed by atoms with van der Waals surface area (Å²) in [5.41, 5.74) is 9.56. The zero-order valence-electron chi connectivity index (χ0n) is 15.4. The molecule has 1 amide bonds. The number of nitrogen functional groups attached to an aromatic ring is 1. The molecule has 1 saturated heterocycles. The summed E-state index contributed by atoms with van der Waals surface area (Å²) < 4.78 is 6.71. The SMILES string of the molecule is Nc1nc(C(=O)NN2CCN(CC3CC3)CC2)cc2nc(-c3ccco3)nn12. The Balaban J connectivity index is 1.28. The topological polar surface area (TPSA) is 118 Å². The fraction of sp³-hybridized carbons (Fsp3) is 0.444. The zero-order valence-corrected chi connectivity index (χ0v) is 15.4. The first-order chi connectivity index (χ1) is 13.7. The molecule has 10 heteroatoms. The second-order valence-electron chi connectivity index (χ2n) is 7.35. The second kappa shape index (κ2) is 6.88. The van der Waals surface area contributed by atoms with Gasteiger partial charge in [0, 0.05) is 38.8 Å².